The third-order valence-corrected chi connectivity index (χ3v) is 2.95. The molecule has 0 amide bonds. The van der Waals surface area contributed by atoms with E-state index in [1.54, 1.807) is 12.3 Å². The van der Waals surface area contributed by atoms with Crippen molar-refractivity contribution in [1.82, 2.24) is 15.0 Å². The summed E-state index contributed by atoms with van der Waals surface area (Å²) < 4.78 is 5.79. The molecule has 3 heterocycles. The average Bonchev–Trinajstić information content (AvgIpc) is 2.38. The van der Waals surface area contributed by atoms with E-state index in [1.807, 2.05) is 24.3 Å². The van der Waals surface area contributed by atoms with E-state index in [1.165, 1.54) is 0 Å². The molecule has 3 aromatic heterocycles. The van der Waals surface area contributed by atoms with Gasteiger partial charge in [-0.1, -0.05) is 12.1 Å². The van der Waals surface area contributed by atoms with Crippen LogP contribution in [0.2, 0.25) is 0 Å². The van der Waals surface area contributed by atoms with Crippen LogP contribution in [0.4, 0.5) is 0 Å². The van der Waals surface area contributed by atoms with Crippen LogP contribution in [-0.2, 0) is 0 Å². The number of nitrogens with zero attached hydrogens (tertiary/aromatic N) is 2. The van der Waals surface area contributed by atoms with E-state index >= 15 is 0 Å². The fourth-order valence-corrected chi connectivity index (χ4v) is 2.21. The van der Waals surface area contributed by atoms with Crippen LogP contribution in [-0.4, -0.2) is 15.0 Å². The molecular weight excluding hydrogens is 230 g/mol. The molecular formula is C13H7N3O2. The van der Waals surface area contributed by atoms with Crippen molar-refractivity contribution in [3.05, 3.63) is 47.0 Å². The second-order valence-electron chi connectivity index (χ2n) is 4.02. The lowest BCUT2D eigenvalue weighted by Gasteiger charge is -2.05. The lowest BCUT2D eigenvalue weighted by atomic mass is 10.1. The molecule has 0 fully saturated rings. The zero-order valence-electron chi connectivity index (χ0n) is 9.18. The van der Waals surface area contributed by atoms with Crippen LogP contribution < -0.4 is 5.69 Å². The van der Waals surface area contributed by atoms with E-state index in [0.717, 1.165) is 10.8 Å². The molecule has 18 heavy (non-hydrogen) atoms. The van der Waals surface area contributed by atoms with Crippen molar-refractivity contribution in [3.8, 4) is 0 Å². The summed E-state index contributed by atoms with van der Waals surface area (Å²) in [7, 11) is 0. The number of para-hydroxylation sites is 1. The maximum Gasteiger partial charge on any atom is 0.369 e. The van der Waals surface area contributed by atoms with Crippen molar-refractivity contribution in [2.75, 3.05) is 0 Å². The molecule has 0 unspecified atom stereocenters. The molecule has 0 aliphatic heterocycles. The molecule has 86 valence electrons. The van der Waals surface area contributed by atoms with Crippen LogP contribution in [0.15, 0.2) is 45.7 Å². The molecule has 0 atom stereocenters. The Labute approximate surface area is 100 Å². The molecule has 1 aromatic carbocycles. The number of hydrogen-bond acceptors (Lipinski definition) is 4. The summed E-state index contributed by atoms with van der Waals surface area (Å²) in [4.78, 5) is 22.3. The number of aromatic nitrogens is 3. The standard InChI is InChI=1S/C13H7N3O2/c17-13-15-11-7-3-1-2-4-8(7)18-9-5-6-14-12(16-13)10(9)11/h1-6H,(H,14,15,16,17). The average molecular weight is 237 g/mol. The van der Waals surface area contributed by atoms with Gasteiger partial charge in [0.25, 0.3) is 0 Å². The quantitative estimate of drug-likeness (QED) is 0.376. The SMILES string of the molecule is O=c1nc2[nH]ccc3oc4ccccc4c(n1)c23. The van der Waals surface area contributed by atoms with Gasteiger partial charge in [-0.05, 0) is 18.2 Å². The molecule has 0 spiro atoms. The van der Waals surface area contributed by atoms with Crippen LogP contribution in [0.5, 0.6) is 0 Å². The third-order valence-electron chi connectivity index (χ3n) is 2.95. The van der Waals surface area contributed by atoms with Gasteiger partial charge in [0.2, 0.25) is 0 Å². The minimum Gasteiger partial charge on any atom is -0.456 e. The number of benzene rings is 1. The molecule has 0 saturated heterocycles. The van der Waals surface area contributed by atoms with E-state index in [4.69, 9.17) is 4.42 Å². The van der Waals surface area contributed by atoms with Gasteiger partial charge in [-0.2, -0.15) is 9.97 Å². The molecule has 1 N–H and O–H groups in total. The molecule has 4 rings (SSSR count). The number of H-pyrrole nitrogens is 1. The van der Waals surface area contributed by atoms with Gasteiger partial charge in [-0.15, -0.1) is 0 Å². The molecule has 0 aliphatic rings. The summed E-state index contributed by atoms with van der Waals surface area (Å²) in [5, 5.41) is 1.56. The molecule has 0 radical (unpaired) electrons. The van der Waals surface area contributed by atoms with Gasteiger partial charge in [0.1, 0.15) is 16.8 Å². The Hall–Kier alpha value is -2.69. The van der Waals surface area contributed by atoms with E-state index in [9.17, 15) is 4.79 Å². The van der Waals surface area contributed by atoms with E-state index < -0.39 is 5.69 Å². The molecule has 0 saturated carbocycles. The number of fused-ring (bicyclic) bond motifs is 2. The highest BCUT2D eigenvalue weighted by Gasteiger charge is 2.11. The fourth-order valence-electron chi connectivity index (χ4n) is 2.21. The first kappa shape index (κ1) is 9.35. The van der Waals surface area contributed by atoms with Gasteiger partial charge in [0.05, 0.1) is 10.9 Å². The lowest BCUT2D eigenvalue weighted by molar-refractivity contribution is 0.661. The van der Waals surface area contributed by atoms with Gasteiger partial charge < -0.3 is 9.40 Å². The second-order valence-corrected chi connectivity index (χ2v) is 4.02. The van der Waals surface area contributed by atoms with Crippen molar-refractivity contribution >= 4 is 33.1 Å². The van der Waals surface area contributed by atoms with Gasteiger partial charge in [0.15, 0.2) is 0 Å². The van der Waals surface area contributed by atoms with Gasteiger partial charge in [-0.3, -0.25) is 0 Å². The Morgan fingerprint density at radius 2 is 1.94 bits per heavy atom. The van der Waals surface area contributed by atoms with Crippen LogP contribution in [0.3, 0.4) is 0 Å². The number of nitrogens with one attached hydrogen (secondary N) is 1. The number of rotatable bonds is 0. The first-order valence-electron chi connectivity index (χ1n) is 5.49. The van der Waals surface area contributed by atoms with Crippen molar-refractivity contribution in [3.63, 3.8) is 0 Å². The highest BCUT2D eigenvalue weighted by molar-refractivity contribution is 6.13. The predicted octanol–water partition coefficient (Wildman–Crippen LogP) is 2.22. The maximum absolute atomic E-state index is 11.5. The third kappa shape index (κ3) is 1.13. The Kier molecular flexibility index (Phi) is 1.64. The van der Waals surface area contributed by atoms with Crippen LogP contribution in [0, 0.1) is 0 Å². The van der Waals surface area contributed by atoms with E-state index in [2.05, 4.69) is 15.0 Å². The van der Waals surface area contributed by atoms with Gasteiger partial charge in [-0.25, -0.2) is 4.79 Å². The summed E-state index contributed by atoms with van der Waals surface area (Å²) in [5.74, 6) is 0. The Bertz CT molecular complexity index is 953. The molecule has 5 nitrogen and oxygen atoms in total. The zero-order chi connectivity index (χ0) is 12.1. The number of aromatic amines is 1. The van der Waals surface area contributed by atoms with Crippen molar-refractivity contribution < 1.29 is 4.42 Å². The predicted molar refractivity (Wildman–Crippen MR) is 67.4 cm³/mol. The molecule has 0 bridgehead atoms. The minimum absolute atomic E-state index is 0.497. The monoisotopic (exact) mass is 237 g/mol. The van der Waals surface area contributed by atoms with Crippen LogP contribution >= 0.6 is 0 Å². The van der Waals surface area contributed by atoms with Crippen molar-refractivity contribution in [1.29, 1.82) is 0 Å². The lowest BCUT2D eigenvalue weighted by Crippen LogP contribution is -2.11. The summed E-state index contributed by atoms with van der Waals surface area (Å²) >= 11 is 0. The molecule has 4 aromatic rings. The molecule has 5 heteroatoms. The summed E-state index contributed by atoms with van der Waals surface area (Å²) in [6.45, 7) is 0. The summed E-state index contributed by atoms with van der Waals surface area (Å²) in [5.41, 5.74) is 1.99. The Morgan fingerprint density at radius 3 is 2.89 bits per heavy atom. The van der Waals surface area contributed by atoms with E-state index in [-0.39, 0.29) is 0 Å². The zero-order valence-corrected chi connectivity index (χ0v) is 9.18. The van der Waals surface area contributed by atoms with E-state index in [0.29, 0.717) is 22.3 Å². The topological polar surface area (TPSA) is 71.8 Å². The number of pyridine rings is 1. The number of hydrogen-bond donors (Lipinski definition) is 1. The fraction of sp³-hybridized carbons (Fsp3) is 0. The minimum atomic E-state index is -0.498. The van der Waals surface area contributed by atoms with Gasteiger partial charge >= 0.3 is 5.69 Å². The highest BCUT2D eigenvalue weighted by Crippen LogP contribution is 2.29. The normalized spacial score (nSPS) is 11.6. The largest absolute Gasteiger partial charge is 0.456 e. The van der Waals surface area contributed by atoms with Crippen LogP contribution in [0.25, 0.3) is 33.1 Å². The first-order valence-corrected chi connectivity index (χ1v) is 5.49. The summed E-state index contributed by atoms with van der Waals surface area (Å²) in [6.07, 6.45) is 1.70. The highest BCUT2D eigenvalue weighted by atomic mass is 16.3. The summed E-state index contributed by atoms with van der Waals surface area (Å²) in [6, 6.07) is 9.31. The smallest absolute Gasteiger partial charge is 0.369 e. The Morgan fingerprint density at radius 1 is 1.06 bits per heavy atom. The van der Waals surface area contributed by atoms with Crippen LogP contribution in [0.1, 0.15) is 0 Å². The second kappa shape index (κ2) is 3.16. The van der Waals surface area contributed by atoms with Gasteiger partial charge in [0, 0.05) is 11.6 Å². The first-order chi connectivity index (χ1) is 8.83. The van der Waals surface area contributed by atoms with Crippen molar-refractivity contribution in [2.24, 2.45) is 0 Å². The van der Waals surface area contributed by atoms with Crippen molar-refractivity contribution in [2.45, 2.75) is 0 Å². The maximum atomic E-state index is 11.5. The Balaban J connectivity index is 2.47. The molecule has 0 aliphatic carbocycles.